The van der Waals surface area contributed by atoms with Gasteiger partial charge in [-0.25, -0.2) is 0 Å². The smallest absolute Gasteiger partial charge is 0.224 e. The summed E-state index contributed by atoms with van der Waals surface area (Å²) < 4.78 is 0. The van der Waals surface area contributed by atoms with Crippen LogP contribution in [0.25, 0.3) is 10.8 Å². The molecule has 0 spiro atoms. The zero-order valence-corrected chi connectivity index (χ0v) is 12.5. The molecular weight excluding hydrogens is 260 g/mol. The van der Waals surface area contributed by atoms with Crippen LogP contribution in [0, 0.1) is 5.92 Å². The van der Waals surface area contributed by atoms with E-state index in [4.69, 9.17) is 0 Å². The molecule has 1 saturated heterocycles. The molecule has 0 saturated carbocycles. The van der Waals surface area contributed by atoms with Crippen LogP contribution >= 0.6 is 0 Å². The van der Waals surface area contributed by atoms with Crippen LogP contribution in [0.4, 0.5) is 5.69 Å². The van der Waals surface area contributed by atoms with Gasteiger partial charge in [-0.15, -0.1) is 0 Å². The van der Waals surface area contributed by atoms with Crippen molar-refractivity contribution in [2.24, 2.45) is 5.92 Å². The minimum atomic E-state index is 0.140. The van der Waals surface area contributed by atoms with E-state index in [-0.39, 0.29) is 5.91 Å². The van der Waals surface area contributed by atoms with Gasteiger partial charge in [0.2, 0.25) is 5.91 Å². The van der Waals surface area contributed by atoms with Gasteiger partial charge in [-0.3, -0.25) is 4.79 Å². The van der Waals surface area contributed by atoms with Crippen LogP contribution in [0.5, 0.6) is 0 Å². The Balaban J connectivity index is 1.66. The molecule has 3 heteroatoms. The topological polar surface area (TPSA) is 32.3 Å². The van der Waals surface area contributed by atoms with Crippen molar-refractivity contribution < 1.29 is 4.79 Å². The molecule has 1 amide bonds. The summed E-state index contributed by atoms with van der Waals surface area (Å²) >= 11 is 0. The molecule has 0 aromatic heterocycles. The summed E-state index contributed by atoms with van der Waals surface area (Å²) in [4.78, 5) is 14.6. The van der Waals surface area contributed by atoms with Gasteiger partial charge >= 0.3 is 0 Å². The van der Waals surface area contributed by atoms with Crippen molar-refractivity contribution >= 4 is 22.4 Å². The zero-order valence-electron chi connectivity index (χ0n) is 12.5. The summed E-state index contributed by atoms with van der Waals surface area (Å²) in [6.07, 6.45) is 2.88. The number of hydrogen-bond acceptors (Lipinski definition) is 2. The molecule has 1 aliphatic rings. The predicted octanol–water partition coefficient (Wildman–Crippen LogP) is 3.51. The second-order valence-corrected chi connectivity index (χ2v) is 6.03. The summed E-state index contributed by atoms with van der Waals surface area (Å²) in [6.45, 7) is 2.21. The minimum absolute atomic E-state index is 0.140. The molecule has 110 valence electrons. The Morgan fingerprint density at radius 1 is 1.14 bits per heavy atom. The first kappa shape index (κ1) is 14.1. The van der Waals surface area contributed by atoms with E-state index in [2.05, 4.69) is 35.5 Å². The van der Waals surface area contributed by atoms with Crippen molar-refractivity contribution in [3.05, 3.63) is 42.5 Å². The molecule has 2 aromatic carbocycles. The molecule has 21 heavy (non-hydrogen) atoms. The van der Waals surface area contributed by atoms with Crippen LogP contribution < -0.4 is 5.32 Å². The molecule has 3 nitrogen and oxygen atoms in total. The fourth-order valence-corrected chi connectivity index (χ4v) is 3.06. The van der Waals surface area contributed by atoms with E-state index in [1.54, 1.807) is 0 Å². The Morgan fingerprint density at radius 3 is 2.67 bits per heavy atom. The fourth-order valence-electron chi connectivity index (χ4n) is 3.06. The average molecular weight is 282 g/mol. The molecule has 1 fully saturated rings. The SMILES string of the molecule is CN1CCC(CC(=O)Nc2cccc3ccccc23)CC1. The first-order chi connectivity index (χ1) is 10.2. The van der Waals surface area contributed by atoms with Gasteiger partial charge in [0.25, 0.3) is 0 Å². The lowest BCUT2D eigenvalue weighted by Gasteiger charge is -2.28. The van der Waals surface area contributed by atoms with Crippen LogP contribution in [-0.2, 0) is 4.79 Å². The molecule has 0 radical (unpaired) electrons. The van der Waals surface area contributed by atoms with Gasteiger partial charge in [-0.05, 0) is 50.3 Å². The maximum Gasteiger partial charge on any atom is 0.224 e. The molecule has 0 aliphatic carbocycles. The molecule has 3 rings (SSSR count). The van der Waals surface area contributed by atoms with Crippen molar-refractivity contribution in [3.63, 3.8) is 0 Å². The van der Waals surface area contributed by atoms with E-state index in [1.807, 2.05) is 24.3 Å². The zero-order chi connectivity index (χ0) is 14.7. The second-order valence-electron chi connectivity index (χ2n) is 6.03. The highest BCUT2D eigenvalue weighted by molar-refractivity contribution is 6.02. The Hall–Kier alpha value is -1.87. The quantitative estimate of drug-likeness (QED) is 0.934. The maximum absolute atomic E-state index is 12.3. The molecule has 2 aromatic rings. The Morgan fingerprint density at radius 2 is 1.86 bits per heavy atom. The number of anilines is 1. The molecule has 0 unspecified atom stereocenters. The monoisotopic (exact) mass is 282 g/mol. The highest BCUT2D eigenvalue weighted by Gasteiger charge is 2.19. The maximum atomic E-state index is 12.3. The second kappa shape index (κ2) is 6.27. The number of carbonyl (C=O) groups excluding carboxylic acids is 1. The third-order valence-corrected chi connectivity index (χ3v) is 4.38. The molecule has 0 atom stereocenters. The van der Waals surface area contributed by atoms with Crippen molar-refractivity contribution in [1.29, 1.82) is 0 Å². The van der Waals surface area contributed by atoms with E-state index < -0.39 is 0 Å². The van der Waals surface area contributed by atoms with Crippen LogP contribution in [-0.4, -0.2) is 30.9 Å². The van der Waals surface area contributed by atoms with Crippen LogP contribution in [0.3, 0.4) is 0 Å². The van der Waals surface area contributed by atoms with E-state index in [0.29, 0.717) is 12.3 Å². The van der Waals surface area contributed by atoms with Crippen LogP contribution in [0.1, 0.15) is 19.3 Å². The van der Waals surface area contributed by atoms with E-state index in [1.165, 1.54) is 0 Å². The highest BCUT2D eigenvalue weighted by atomic mass is 16.1. The third kappa shape index (κ3) is 3.42. The number of fused-ring (bicyclic) bond motifs is 1. The summed E-state index contributed by atoms with van der Waals surface area (Å²) in [7, 11) is 2.15. The number of nitrogens with one attached hydrogen (secondary N) is 1. The lowest BCUT2D eigenvalue weighted by molar-refractivity contribution is -0.117. The first-order valence-corrected chi connectivity index (χ1v) is 7.68. The van der Waals surface area contributed by atoms with E-state index >= 15 is 0 Å². The predicted molar refractivity (Wildman–Crippen MR) is 87.4 cm³/mol. The number of likely N-dealkylation sites (tertiary alicyclic amines) is 1. The largest absolute Gasteiger partial charge is 0.326 e. The van der Waals surface area contributed by atoms with Gasteiger partial charge in [-0.1, -0.05) is 36.4 Å². The number of piperidine rings is 1. The molecule has 1 heterocycles. The number of amides is 1. The first-order valence-electron chi connectivity index (χ1n) is 7.68. The van der Waals surface area contributed by atoms with Crippen molar-refractivity contribution in [3.8, 4) is 0 Å². The lowest BCUT2D eigenvalue weighted by Crippen LogP contribution is -2.31. The standard InChI is InChI=1S/C18H22N2O/c1-20-11-9-14(10-12-20)13-18(21)19-17-8-4-6-15-5-2-3-7-16(15)17/h2-8,14H,9-13H2,1H3,(H,19,21). The van der Waals surface area contributed by atoms with Gasteiger partial charge in [-0.2, -0.15) is 0 Å². The number of nitrogens with zero attached hydrogens (tertiary/aromatic N) is 1. The molecular formula is C18H22N2O. The Bertz CT molecular complexity index is 625. The van der Waals surface area contributed by atoms with Gasteiger partial charge in [0.15, 0.2) is 0 Å². The third-order valence-electron chi connectivity index (χ3n) is 4.38. The average Bonchev–Trinajstić information content (AvgIpc) is 2.50. The van der Waals surface area contributed by atoms with Crippen molar-refractivity contribution in [2.45, 2.75) is 19.3 Å². The number of rotatable bonds is 3. The highest BCUT2D eigenvalue weighted by Crippen LogP contribution is 2.24. The summed E-state index contributed by atoms with van der Waals surface area (Å²) in [5.74, 6) is 0.664. The Labute approximate surface area is 125 Å². The minimum Gasteiger partial charge on any atom is -0.326 e. The van der Waals surface area contributed by atoms with Crippen molar-refractivity contribution in [1.82, 2.24) is 4.90 Å². The van der Waals surface area contributed by atoms with Gasteiger partial charge in [0, 0.05) is 17.5 Å². The number of carbonyl (C=O) groups is 1. The van der Waals surface area contributed by atoms with Gasteiger partial charge in [0.1, 0.15) is 0 Å². The number of hydrogen-bond donors (Lipinski definition) is 1. The van der Waals surface area contributed by atoms with E-state index in [9.17, 15) is 4.79 Å². The number of benzene rings is 2. The van der Waals surface area contributed by atoms with Crippen LogP contribution in [0.15, 0.2) is 42.5 Å². The summed E-state index contributed by atoms with van der Waals surface area (Å²) in [5.41, 5.74) is 0.922. The lowest BCUT2D eigenvalue weighted by atomic mass is 9.93. The van der Waals surface area contributed by atoms with Gasteiger partial charge < -0.3 is 10.2 Å². The Kier molecular flexibility index (Phi) is 4.20. The van der Waals surface area contributed by atoms with Crippen molar-refractivity contribution in [2.75, 3.05) is 25.5 Å². The molecule has 0 bridgehead atoms. The fraction of sp³-hybridized carbons (Fsp3) is 0.389. The van der Waals surface area contributed by atoms with Crippen LogP contribution in [0.2, 0.25) is 0 Å². The van der Waals surface area contributed by atoms with Gasteiger partial charge in [0.05, 0.1) is 0 Å². The molecule has 1 N–H and O–H groups in total. The molecule has 1 aliphatic heterocycles. The summed E-state index contributed by atoms with van der Waals surface area (Å²) in [5, 5.41) is 5.36. The normalized spacial score (nSPS) is 17.0. The summed E-state index contributed by atoms with van der Waals surface area (Å²) in [6, 6.07) is 14.2. The van der Waals surface area contributed by atoms with E-state index in [0.717, 1.165) is 42.4 Å².